The summed E-state index contributed by atoms with van der Waals surface area (Å²) in [4.78, 5) is 16.4. The van der Waals surface area contributed by atoms with E-state index in [4.69, 9.17) is 4.74 Å². The lowest BCUT2D eigenvalue weighted by Gasteiger charge is -2.28. The summed E-state index contributed by atoms with van der Waals surface area (Å²) in [5, 5.41) is 10.1. The summed E-state index contributed by atoms with van der Waals surface area (Å²) in [7, 11) is 1.75. The Bertz CT molecular complexity index is 485. The first-order chi connectivity index (χ1) is 10.7. The zero-order valence-corrected chi connectivity index (χ0v) is 13.2. The first-order valence-corrected chi connectivity index (χ1v) is 8.25. The van der Waals surface area contributed by atoms with E-state index in [9.17, 15) is 4.79 Å². The van der Waals surface area contributed by atoms with E-state index in [1.807, 2.05) is 4.68 Å². The van der Waals surface area contributed by atoms with Crippen molar-refractivity contribution in [2.24, 2.45) is 5.92 Å². The summed E-state index contributed by atoms with van der Waals surface area (Å²) >= 11 is 0. The predicted octanol–water partition coefficient (Wildman–Crippen LogP) is 1.94. The van der Waals surface area contributed by atoms with Gasteiger partial charge in [0, 0.05) is 32.7 Å². The average molecular weight is 307 g/mol. The molecule has 7 heteroatoms. The summed E-state index contributed by atoms with van der Waals surface area (Å²) in [6.45, 7) is 1.72. The Morgan fingerprint density at radius 2 is 2.14 bits per heavy atom. The maximum atomic E-state index is 12.1. The molecule has 1 aromatic heterocycles. The van der Waals surface area contributed by atoms with Crippen LogP contribution >= 0.6 is 0 Å². The molecule has 0 unspecified atom stereocenters. The third kappa shape index (κ3) is 3.76. The van der Waals surface area contributed by atoms with E-state index < -0.39 is 0 Å². The summed E-state index contributed by atoms with van der Waals surface area (Å²) < 4.78 is 7.10. The van der Waals surface area contributed by atoms with Gasteiger partial charge in [0.25, 0.3) is 0 Å². The van der Waals surface area contributed by atoms with Crippen LogP contribution in [0.2, 0.25) is 0 Å². The number of nitrogens with zero attached hydrogens (tertiary/aromatic N) is 3. The summed E-state index contributed by atoms with van der Waals surface area (Å²) in [5.41, 5.74) is 0. The molecule has 0 bridgehead atoms. The normalized spacial score (nSPS) is 24.6. The number of fused-ring (bicyclic) bond motifs is 1. The van der Waals surface area contributed by atoms with E-state index in [0.717, 1.165) is 63.9 Å². The third-order valence-electron chi connectivity index (χ3n) is 4.58. The van der Waals surface area contributed by atoms with Crippen molar-refractivity contribution >= 4 is 12.0 Å². The molecule has 122 valence electrons. The van der Waals surface area contributed by atoms with E-state index >= 15 is 0 Å². The van der Waals surface area contributed by atoms with Crippen molar-refractivity contribution < 1.29 is 9.53 Å². The molecule has 1 fully saturated rings. The molecule has 2 N–H and O–H groups in total. The number of rotatable bonds is 4. The molecule has 0 atom stereocenters. The van der Waals surface area contributed by atoms with E-state index in [1.54, 1.807) is 7.11 Å². The van der Waals surface area contributed by atoms with Gasteiger partial charge in [0.2, 0.25) is 5.95 Å². The lowest BCUT2D eigenvalue weighted by Crippen LogP contribution is -2.40. The number of methoxy groups -OCH3 is 1. The van der Waals surface area contributed by atoms with Crippen LogP contribution in [-0.2, 0) is 17.7 Å². The van der Waals surface area contributed by atoms with Crippen LogP contribution in [-0.4, -0.2) is 40.6 Å². The van der Waals surface area contributed by atoms with Crippen LogP contribution in [0.1, 0.15) is 44.3 Å². The van der Waals surface area contributed by atoms with E-state index in [-0.39, 0.29) is 12.1 Å². The number of hydrogen-bond donors (Lipinski definition) is 2. The summed E-state index contributed by atoms with van der Waals surface area (Å²) in [6, 6.07) is 0.0449. The van der Waals surface area contributed by atoms with Gasteiger partial charge >= 0.3 is 6.03 Å². The fraction of sp³-hybridized carbons (Fsp3) is 0.800. The van der Waals surface area contributed by atoms with Crippen molar-refractivity contribution in [2.75, 3.05) is 19.0 Å². The van der Waals surface area contributed by atoms with E-state index in [2.05, 4.69) is 20.7 Å². The molecule has 0 radical (unpaired) electrons. The van der Waals surface area contributed by atoms with Gasteiger partial charge in [-0.1, -0.05) is 0 Å². The number of carbonyl (C=O) groups excluding carboxylic acids is 1. The molecule has 1 aliphatic carbocycles. The quantitative estimate of drug-likeness (QED) is 0.891. The Labute approximate surface area is 130 Å². The molecule has 2 heterocycles. The fourth-order valence-corrected chi connectivity index (χ4v) is 3.37. The smallest absolute Gasteiger partial charge is 0.321 e. The first kappa shape index (κ1) is 15.3. The number of hydrogen-bond acceptors (Lipinski definition) is 4. The van der Waals surface area contributed by atoms with Crippen LogP contribution in [0.5, 0.6) is 0 Å². The second-order valence-electron chi connectivity index (χ2n) is 6.30. The molecule has 2 amide bonds. The van der Waals surface area contributed by atoms with Gasteiger partial charge in [-0.25, -0.2) is 9.48 Å². The van der Waals surface area contributed by atoms with Crippen LogP contribution in [0.4, 0.5) is 10.7 Å². The maximum absolute atomic E-state index is 12.1. The number of aromatic nitrogens is 3. The Hall–Kier alpha value is -1.63. The van der Waals surface area contributed by atoms with E-state index in [1.165, 1.54) is 0 Å². The van der Waals surface area contributed by atoms with E-state index in [0.29, 0.717) is 11.9 Å². The molecule has 0 aromatic carbocycles. The molecule has 3 rings (SSSR count). The molecule has 1 saturated carbocycles. The fourth-order valence-electron chi connectivity index (χ4n) is 3.37. The number of aryl methyl sites for hydroxylation is 2. The predicted molar refractivity (Wildman–Crippen MR) is 82.7 cm³/mol. The lowest BCUT2D eigenvalue weighted by molar-refractivity contribution is 0.125. The standard InChI is InChI=1S/C15H25N5O2/c1-22-10-11-5-7-12(8-6-11)16-15(21)18-14-17-13-4-2-3-9-20(13)19-14/h11-12H,2-10H2,1H3,(H2,16,18,19,21). The second-order valence-corrected chi connectivity index (χ2v) is 6.30. The molecular formula is C15H25N5O2. The largest absolute Gasteiger partial charge is 0.384 e. The number of carbonyl (C=O) groups is 1. The summed E-state index contributed by atoms with van der Waals surface area (Å²) in [6.07, 6.45) is 7.45. The van der Waals surface area contributed by atoms with Gasteiger partial charge in [-0.05, 0) is 44.4 Å². The van der Waals surface area contributed by atoms with Crippen molar-refractivity contribution in [3.8, 4) is 0 Å². The average Bonchev–Trinajstić information content (AvgIpc) is 2.91. The molecule has 0 spiro atoms. The maximum Gasteiger partial charge on any atom is 0.321 e. The molecule has 22 heavy (non-hydrogen) atoms. The highest BCUT2D eigenvalue weighted by Gasteiger charge is 2.23. The number of anilines is 1. The van der Waals surface area contributed by atoms with Crippen molar-refractivity contribution in [2.45, 2.75) is 57.5 Å². The minimum absolute atomic E-state index is 0.196. The highest BCUT2D eigenvalue weighted by molar-refractivity contribution is 5.87. The Morgan fingerprint density at radius 3 is 2.86 bits per heavy atom. The van der Waals surface area contributed by atoms with Crippen molar-refractivity contribution in [1.29, 1.82) is 0 Å². The van der Waals surface area contributed by atoms with Gasteiger partial charge in [0.1, 0.15) is 5.82 Å². The van der Waals surface area contributed by atoms with Gasteiger partial charge in [0.15, 0.2) is 0 Å². The van der Waals surface area contributed by atoms with Gasteiger partial charge in [0.05, 0.1) is 0 Å². The van der Waals surface area contributed by atoms with Gasteiger partial charge in [-0.3, -0.25) is 5.32 Å². The monoisotopic (exact) mass is 307 g/mol. The van der Waals surface area contributed by atoms with Gasteiger partial charge < -0.3 is 10.1 Å². The highest BCUT2D eigenvalue weighted by Crippen LogP contribution is 2.24. The Kier molecular flexibility index (Phi) is 4.92. The van der Waals surface area contributed by atoms with Crippen LogP contribution in [0, 0.1) is 5.92 Å². The molecule has 2 aliphatic rings. The highest BCUT2D eigenvalue weighted by atomic mass is 16.5. The van der Waals surface area contributed by atoms with Crippen LogP contribution in [0.25, 0.3) is 0 Å². The van der Waals surface area contributed by atoms with Gasteiger partial charge in [-0.15, -0.1) is 5.10 Å². The minimum atomic E-state index is -0.196. The van der Waals surface area contributed by atoms with Crippen LogP contribution < -0.4 is 10.6 Å². The number of ether oxygens (including phenoxy) is 1. The Balaban J connectivity index is 1.46. The first-order valence-electron chi connectivity index (χ1n) is 8.25. The van der Waals surface area contributed by atoms with Gasteiger partial charge in [-0.2, -0.15) is 4.98 Å². The number of amides is 2. The van der Waals surface area contributed by atoms with Crippen molar-refractivity contribution in [3.63, 3.8) is 0 Å². The second kappa shape index (κ2) is 7.09. The van der Waals surface area contributed by atoms with Crippen LogP contribution in [0.3, 0.4) is 0 Å². The van der Waals surface area contributed by atoms with Crippen molar-refractivity contribution in [3.05, 3.63) is 5.82 Å². The lowest BCUT2D eigenvalue weighted by atomic mass is 9.86. The number of urea groups is 1. The number of nitrogens with one attached hydrogen (secondary N) is 2. The topological polar surface area (TPSA) is 81.1 Å². The molecule has 1 aliphatic heterocycles. The zero-order valence-electron chi connectivity index (χ0n) is 13.2. The van der Waals surface area contributed by atoms with Crippen molar-refractivity contribution in [1.82, 2.24) is 20.1 Å². The molecule has 0 saturated heterocycles. The molecule has 7 nitrogen and oxygen atoms in total. The molecular weight excluding hydrogens is 282 g/mol. The Morgan fingerprint density at radius 1 is 1.32 bits per heavy atom. The SMILES string of the molecule is COCC1CCC(NC(=O)Nc2nc3n(n2)CCCC3)CC1. The van der Waals surface area contributed by atoms with Crippen LogP contribution in [0.15, 0.2) is 0 Å². The third-order valence-corrected chi connectivity index (χ3v) is 4.58. The molecule has 1 aromatic rings. The zero-order chi connectivity index (χ0) is 15.4. The summed E-state index contributed by atoms with van der Waals surface area (Å²) in [5.74, 6) is 2.02. The minimum Gasteiger partial charge on any atom is -0.384 e.